The van der Waals surface area contributed by atoms with E-state index < -0.39 is 0 Å². The molecule has 3 unspecified atom stereocenters. The van der Waals surface area contributed by atoms with Crippen molar-refractivity contribution in [1.82, 2.24) is 5.32 Å². The summed E-state index contributed by atoms with van der Waals surface area (Å²) in [4.78, 5) is 4.61. The SMILES string of the molecule is CCC(C)CC(C)NC1=NCC(CC(C)C)S1. The molecule has 17 heavy (non-hydrogen) atoms. The van der Waals surface area contributed by atoms with Crippen LogP contribution in [0, 0.1) is 11.8 Å². The lowest BCUT2D eigenvalue weighted by Gasteiger charge is -2.18. The largest absolute Gasteiger partial charge is 0.362 e. The minimum atomic E-state index is 0.550. The molecule has 0 spiro atoms. The fourth-order valence-corrected chi connectivity index (χ4v) is 3.55. The molecule has 1 heterocycles. The van der Waals surface area contributed by atoms with Gasteiger partial charge in [-0.3, -0.25) is 4.99 Å². The van der Waals surface area contributed by atoms with E-state index in [0.29, 0.717) is 11.3 Å². The number of aliphatic imine (C=N–C) groups is 1. The van der Waals surface area contributed by atoms with E-state index in [4.69, 9.17) is 0 Å². The van der Waals surface area contributed by atoms with Crippen LogP contribution in [0.25, 0.3) is 0 Å². The predicted molar refractivity (Wildman–Crippen MR) is 79.8 cm³/mol. The summed E-state index contributed by atoms with van der Waals surface area (Å²) in [5.41, 5.74) is 0. The second kappa shape index (κ2) is 7.30. The van der Waals surface area contributed by atoms with E-state index in [-0.39, 0.29) is 0 Å². The van der Waals surface area contributed by atoms with E-state index in [1.165, 1.54) is 24.4 Å². The van der Waals surface area contributed by atoms with Crippen LogP contribution in [0.3, 0.4) is 0 Å². The van der Waals surface area contributed by atoms with Crippen LogP contribution in [0.1, 0.15) is 53.9 Å². The number of hydrogen-bond donors (Lipinski definition) is 1. The molecule has 3 atom stereocenters. The molecule has 0 aliphatic carbocycles. The molecular weight excluding hydrogens is 228 g/mol. The monoisotopic (exact) mass is 256 g/mol. The first-order valence-electron chi connectivity index (χ1n) is 6.98. The van der Waals surface area contributed by atoms with E-state index in [2.05, 4.69) is 44.9 Å². The Morgan fingerprint density at radius 1 is 1.35 bits per heavy atom. The Kier molecular flexibility index (Phi) is 6.39. The van der Waals surface area contributed by atoms with Crippen molar-refractivity contribution in [3.8, 4) is 0 Å². The summed E-state index contributed by atoms with van der Waals surface area (Å²) in [6.07, 6.45) is 3.78. The maximum atomic E-state index is 4.61. The number of rotatable bonds is 6. The van der Waals surface area contributed by atoms with Gasteiger partial charge in [-0.2, -0.15) is 0 Å². The highest BCUT2D eigenvalue weighted by Crippen LogP contribution is 2.26. The molecule has 2 nitrogen and oxygen atoms in total. The number of amidine groups is 1. The van der Waals surface area contributed by atoms with Crippen LogP contribution in [0.5, 0.6) is 0 Å². The van der Waals surface area contributed by atoms with E-state index in [1.54, 1.807) is 0 Å². The molecular formula is C14H28N2S. The Bertz CT molecular complexity index is 251. The molecule has 0 saturated carbocycles. The number of nitrogens with zero attached hydrogens (tertiary/aromatic N) is 1. The zero-order chi connectivity index (χ0) is 12.8. The molecule has 0 aromatic heterocycles. The maximum absolute atomic E-state index is 4.61. The third-order valence-electron chi connectivity index (χ3n) is 3.27. The van der Waals surface area contributed by atoms with E-state index >= 15 is 0 Å². The van der Waals surface area contributed by atoms with Crippen LogP contribution in [-0.2, 0) is 0 Å². The molecule has 1 aliphatic heterocycles. The number of nitrogens with one attached hydrogen (secondary N) is 1. The first-order valence-corrected chi connectivity index (χ1v) is 7.86. The quantitative estimate of drug-likeness (QED) is 0.779. The Morgan fingerprint density at radius 3 is 2.65 bits per heavy atom. The topological polar surface area (TPSA) is 24.4 Å². The van der Waals surface area contributed by atoms with Crippen molar-refractivity contribution in [2.45, 2.75) is 65.2 Å². The fraction of sp³-hybridized carbons (Fsp3) is 0.929. The van der Waals surface area contributed by atoms with Gasteiger partial charge in [-0.15, -0.1) is 0 Å². The van der Waals surface area contributed by atoms with E-state index in [9.17, 15) is 0 Å². The average molecular weight is 256 g/mol. The van der Waals surface area contributed by atoms with Crippen molar-refractivity contribution >= 4 is 16.9 Å². The van der Waals surface area contributed by atoms with Crippen molar-refractivity contribution in [3.63, 3.8) is 0 Å². The van der Waals surface area contributed by atoms with Crippen LogP contribution >= 0.6 is 11.8 Å². The Morgan fingerprint density at radius 2 is 2.06 bits per heavy atom. The van der Waals surface area contributed by atoms with Gasteiger partial charge in [0.2, 0.25) is 0 Å². The first kappa shape index (κ1) is 14.9. The summed E-state index contributed by atoms with van der Waals surface area (Å²) in [6, 6.07) is 0.550. The standard InChI is InChI=1S/C14H28N2S/c1-6-11(4)8-12(5)16-14-15-9-13(17-14)7-10(2)3/h10-13H,6-9H2,1-5H3,(H,15,16). The van der Waals surface area contributed by atoms with Crippen LogP contribution in [0.15, 0.2) is 4.99 Å². The van der Waals surface area contributed by atoms with Gasteiger partial charge >= 0.3 is 0 Å². The molecule has 1 N–H and O–H groups in total. The van der Waals surface area contributed by atoms with Crippen molar-refractivity contribution in [2.24, 2.45) is 16.8 Å². The van der Waals surface area contributed by atoms with Gasteiger partial charge < -0.3 is 5.32 Å². The van der Waals surface area contributed by atoms with Gasteiger partial charge in [0.25, 0.3) is 0 Å². The minimum Gasteiger partial charge on any atom is -0.362 e. The summed E-state index contributed by atoms with van der Waals surface area (Å²) in [5, 5.41) is 5.43. The molecule has 0 radical (unpaired) electrons. The fourth-order valence-electron chi connectivity index (χ4n) is 2.19. The normalized spacial score (nSPS) is 23.6. The second-order valence-corrected chi connectivity index (χ2v) is 7.10. The van der Waals surface area contributed by atoms with Gasteiger partial charge in [-0.25, -0.2) is 0 Å². The van der Waals surface area contributed by atoms with Crippen LogP contribution < -0.4 is 5.32 Å². The molecule has 0 amide bonds. The Balaban J connectivity index is 2.25. The predicted octanol–water partition coefficient (Wildman–Crippen LogP) is 3.92. The lowest BCUT2D eigenvalue weighted by atomic mass is 10.0. The Hall–Kier alpha value is -0.180. The minimum absolute atomic E-state index is 0.550. The maximum Gasteiger partial charge on any atom is 0.157 e. The number of thioether (sulfide) groups is 1. The van der Waals surface area contributed by atoms with Crippen molar-refractivity contribution in [3.05, 3.63) is 0 Å². The van der Waals surface area contributed by atoms with Crippen molar-refractivity contribution in [1.29, 1.82) is 0 Å². The molecule has 0 saturated heterocycles. The zero-order valence-electron chi connectivity index (χ0n) is 12.0. The summed E-state index contributed by atoms with van der Waals surface area (Å²) in [7, 11) is 0. The first-order chi connectivity index (χ1) is 8.01. The van der Waals surface area contributed by atoms with Gasteiger partial charge in [-0.05, 0) is 31.6 Å². The van der Waals surface area contributed by atoms with E-state index in [0.717, 1.165) is 18.4 Å². The van der Waals surface area contributed by atoms with Gasteiger partial charge in [0.15, 0.2) is 5.17 Å². The lowest BCUT2D eigenvalue weighted by Crippen LogP contribution is -2.31. The van der Waals surface area contributed by atoms with Gasteiger partial charge in [-0.1, -0.05) is 45.9 Å². The second-order valence-electron chi connectivity index (χ2n) is 5.81. The smallest absolute Gasteiger partial charge is 0.157 e. The molecule has 0 fully saturated rings. The van der Waals surface area contributed by atoms with Gasteiger partial charge in [0, 0.05) is 11.3 Å². The highest BCUT2D eigenvalue weighted by molar-refractivity contribution is 8.14. The average Bonchev–Trinajstić information content (AvgIpc) is 2.63. The highest BCUT2D eigenvalue weighted by atomic mass is 32.2. The molecule has 100 valence electrons. The summed E-state index contributed by atoms with van der Waals surface area (Å²) in [5.74, 6) is 1.58. The molecule has 0 bridgehead atoms. The molecule has 0 aromatic carbocycles. The zero-order valence-corrected chi connectivity index (χ0v) is 12.8. The summed E-state index contributed by atoms with van der Waals surface area (Å²) >= 11 is 1.94. The van der Waals surface area contributed by atoms with Crippen molar-refractivity contribution < 1.29 is 0 Å². The molecule has 3 heteroatoms. The highest BCUT2D eigenvalue weighted by Gasteiger charge is 2.21. The van der Waals surface area contributed by atoms with Gasteiger partial charge in [0.1, 0.15) is 0 Å². The third kappa shape index (κ3) is 5.80. The number of hydrogen-bond acceptors (Lipinski definition) is 3. The van der Waals surface area contributed by atoms with Gasteiger partial charge in [0.05, 0.1) is 6.54 Å². The van der Waals surface area contributed by atoms with Crippen LogP contribution in [0.2, 0.25) is 0 Å². The van der Waals surface area contributed by atoms with Crippen LogP contribution in [0.4, 0.5) is 0 Å². The summed E-state index contributed by atoms with van der Waals surface area (Å²) < 4.78 is 0. The molecule has 1 aliphatic rings. The van der Waals surface area contributed by atoms with E-state index in [1.807, 2.05) is 11.8 Å². The molecule has 0 aromatic rings. The third-order valence-corrected chi connectivity index (χ3v) is 4.42. The molecule has 1 rings (SSSR count). The van der Waals surface area contributed by atoms with Crippen LogP contribution in [-0.4, -0.2) is 23.0 Å². The Labute approximate surface area is 111 Å². The summed E-state index contributed by atoms with van der Waals surface area (Å²) in [6.45, 7) is 12.4. The van der Waals surface area contributed by atoms with Crippen molar-refractivity contribution in [2.75, 3.05) is 6.54 Å². The lowest BCUT2D eigenvalue weighted by molar-refractivity contribution is 0.449.